The molecule has 0 amide bonds. The van der Waals surface area contributed by atoms with Gasteiger partial charge in [0.25, 0.3) is 0 Å². The third-order valence-corrected chi connectivity index (χ3v) is 5.46. The Morgan fingerprint density at radius 3 is 2.83 bits per heavy atom. The maximum absolute atomic E-state index is 4.84. The predicted molar refractivity (Wildman–Crippen MR) is 133 cm³/mol. The fourth-order valence-corrected chi connectivity index (χ4v) is 4.07. The van der Waals surface area contributed by atoms with Crippen molar-refractivity contribution in [2.75, 3.05) is 39.3 Å². The summed E-state index contributed by atoms with van der Waals surface area (Å²) >= 11 is 0. The molecule has 2 heterocycles. The van der Waals surface area contributed by atoms with E-state index in [2.05, 4.69) is 64.1 Å². The molecule has 7 heteroatoms. The van der Waals surface area contributed by atoms with Gasteiger partial charge in [-0.3, -0.25) is 4.99 Å². The zero-order valence-corrected chi connectivity index (χ0v) is 20.5. The van der Waals surface area contributed by atoms with E-state index >= 15 is 0 Å². The topological polar surface area (TPSA) is 57.5 Å². The Labute approximate surface area is 192 Å². The molecular formula is C22H37IN6. The Balaban J connectivity index is 0.00000300. The lowest BCUT2D eigenvalue weighted by atomic mass is 10.1. The van der Waals surface area contributed by atoms with Gasteiger partial charge in [-0.1, -0.05) is 19.1 Å². The molecule has 1 fully saturated rings. The molecule has 6 nitrogen and oxygen atoms in total. The van der Waals surface area contributed by atoms with Crippen LogP contribution >= 0.6 is 24.0 Å². The highest BCUT2D eigenvalue weighted by atomic mass is 127. The maximum Gasteiger partial charge on any atom is 0.191 e. The summed E-state index contributed by atoms with van der Waals surface area (Å²) in [4.78, 5) is 12.1. The third-order valence-electron chi connectivity index (χ3n) is 5.46. The number of aromatic nitrogens is 2. The molecule has 1 unspecified atom stereocenters. The number of fused-ring (bicyclic) bond motifs is 1. The van der Waals surface area contributed by atoms with E-state index in [-0.39, 0.29) is 24.0 Å². The van der Waals surface area contributed by atoms with Crippen LogP contribution in [-0.2, 0) is 6.54 Å². The summed E-state index contributed by atoms with van der Waals surface area (Å²) in [6, 6.07) is 8.36. The fraction of sp³-hybridized carbons (Fsp3) is 0.636. The van der Waals surface area contributed by atoms with Crippen molar-refractivity contribution in [1.82, 2.24) is 25.1 Å². The lowest BCUT2D eigenvalue weighted by Crippen LogP contribution is -2.38. The van der Waals surface area contributed by atoms with E-state index < -0.39 is 0 Å². The normalized spacial score (nSPS) is 17.5. The van der Waals surface area contributed by atoms with Crippen LogP contribution in [0.3, 0.4) is 0 Å². The molecule has 2 N–H and O–H groups in total. The van der Waals surface area contributed by atoms with Gasteiger partial charge >= 0.3 is 0 Å². The molecule has 2 aromatic rings. The van der Waals surface area contributed by atoms with Gasteiger partial charge in [-0.05, 0) is 64.3 Å². The van der Waals surface area contributed by atoms with Crippen molar-refractivity contribution in [3.05, 3.63) is 30.1 Å². The first-order valence-corrected chi connectivity index (χ1v) is 10.9. The number of para-hydroxylation sites is 2. The highest BCUT2D eigenvalue weighted by molar-refractivity contribution is 14.0. The van der Waals surface area contributed by atoms with E-state index in [1.165, 1.54) is 38.0 Å². The second-order valence-corrected chi connectivity index (χ2v) is 7.75. The van der Waals surface area contributed by atoms with Crippen molar-refractivity contribution < 1.29 is 0 Å². The van der Waals surface area contributed by atoms with Crippen LogP contribution in [0.4, 0.5) is 0 Å². The molecule has 162 valence electrons. The molecule has 0 saturated carbocycles. The molecule has 0 radical (unpaired) electrons. The summed E-state index contributed by atoms with van der Waals surface area (Å²) in [5, 5.41) is 6.89. The van der Waals surface area contributed by atoms with Gasteiger partial charge in [-0.2, -0.15) is 0 Å². The highest BCUT2D eigenvalue weighted by Gasteiger charge is 2.21. The molecule has 3 rings (SSSR count). The Hall–Kier alpha value is -1.35. The van der Waals surface area contributed by atoms with Crippen LogP contribution in [0.5, 0.6) is 0 Å². The molecule has 1 aliphatic heterocycles. The number of nitrogens with zero attached hydrogens (tertiary/aromatic N) is 4. The van der Waals surface area contributed by atoms with Crippen LogP contribution in [0.2, 0.25) is 0 Å². The largest absolute Gasteiger partial charge is 0.357 e. The zero-order valence-electron chi connectivity index (χ0n) is 18.2. The zero-order chi connectivity index (χ0) is 19.8. The Morgan fingerprint density at radius 1 is 1.21 bits per heavy atom. The standard InChI is InChI=1S/C22H36N6.HI/c1-4-13-27-15-11-19(17-27)16-25-22(23-5-2)24-12-8-14-28-18(3)26-20-9-6-7-10-21(20)28;/h6-7,9-10,19H,4-5,8,11-17H2,1-3H3,(H2,23,24,25);1H. The van der Waals surface area contributed by atoms with Crippen molar-refractivity contribution in [2.45, 2.75) is 46.6 Å². The smallest absolute Gasteiger partial charge is 0.191 e. The number of rotatable bonds is 9. The maximum atomic E-state index is 4.84. The SMILES string of the molecule is CCCN1CCC(CN=C(NCC)NCCCn2c(C)nc3ccccc32)C1.I. The quantitative estimate of drug-likeness (QED) is 0.233. The summed E-state index contributed by atoms with van der Waals surface area (Å²) in [6.45, 7) is 13.8. The number of nitrogens with one attached hydrogen (secondary N) is 2. The molecule has 1 aromatic carbocycles. The van der Waals surface area contributed by atoms with Crippen molar-refractivity contribution >= 4 is 41.0 Å². The molecule has 1 aromatic heterocycles. The van der Waals surface area contributed by atoms with Gasteiger partial charge in [0.1, 0.15) is 5.82 Å². The van der Waals surface area contributed by atoms with Crippen molar-refractivity contribution in [1.29, 1.82) is 0 Å². The van der Waals surface area contributed by atoms with Gasteiger partial charge in [0.15, 0.2) is 5.96 Å². The number of aliphatic imine (C=N–C) groups is 1. The summed E-state index contributed by atoms with van der Waals surface area (Å²) in [5.41, 5.74) is 2.30. The predicted octanol–water partition coefficient (Wildman–Crippen LogP) is 3.64. The molecule has 1 saturated heterocycles. The van der Waals surface area contributed by atoms with E-state index in [9.17, 15) is 0 Å². The molecule has 0 bridgehead atoms. The number of imidazole rings is 1. The third kappa shape index (κ3) is 6.84. The average molecular weight is 512 g/mol. The van der Waals surface area contributed by atoms with Gasteiger partial charge in [0, 0.05) is 32.7 Å². The number of guanidine groups is 1. The first-order valence-electron chi connectivity index (χ1n) is 10.9. The summed E-state index contributed by atoms with van der Waals surface area (Å²) in [6.07, 6.45) is 3.56. The molecule has 0 spiro atoms. The molecular weight excluding hydrogens is 475 g/mol. The molecule has 0 aliphatic carbocycles. The number of halogens is 1. The molecule has 1 atom stereocenters. The van der Waals surface area contributed by atoms with Gasteiger partial charge in [-0.25, -0.2) is 4.98 Å². The lowest BCUT2D eigenvalue weighted by molar-refractivity contribution is 0.326. The minimum Gasteiger partial charge on any atom is -0.357 e. The van der Waals surface area contributed by atoms with E-state index in [1.54, 1.807) is 0 Å². The number of hydrogen-bond donors (Lipinski definition) is 2. The van der Waals surface area contributed by atoms with E-state index in [1.807, 2.05) is 6.07 Å². The van der Waals surface area contributed by atoms with Crippen LogP contribution in [0.15, 0.2) is 29.3 Å². The van der Waals surface area contributed by atoms with Crippen molar-refractivity contribution in [2.24, 2.45) is 10.9 Å². The lowest BCUT2D eigenvalue weighted by Gasteiger charge is -2.15. The number of likely N-dealkylation sites (tertiary alicyclic amines) is 1. The van der Waals surface area contributed by atoms with Gasteiger partial charge in [0.05, 0.1) is 11.0 Å². The van der Waals surface area contributed by atoms with Gasteiger partial charge in [0.2, 0.25) is 0 Å². The van der Waals surface area contributed by atoms with Crippen molar-refractivity contribution in [3.8, 4) is 0 Å². The van der Waals surface area contributed by atoms with Crippen LogP contribution < -0.4 is 10.6 Å². The minimum atomic E-state index is 0. The summed E-state index contributed by atoms with van der Waals surface area (Å²) in [7, 11) is 0. The summed E-state index contributed by atoms with van der Waals surface area (Å²) in [5.74, 6) is 2.73. The monoisotopic (exact) mass is 512 g/mol. The van der Waals surface area contributed by atoms with Crippen molar-refractivity contribution in [3.63, 3.8) is 0 Å². The average Bonchev–Trinajstić information content (AvgIpc) is 3.27. The second-order valence-electron chi connectivity index (χ2n) is 7.75. The number of benzene rings is 1. The van der Waals surface area contributed by atoms with Crippen LogP contribution in [0, 0.1) is 12.8 Å². The Bertz CT molecular complexity index is 772. The first kappa shape index (κ1) is 23.9. The Kier molecular flexibility index (Phi) is 10.2. The fourth-order valence-electron chi connectivity index (χ4n) is 4.07. The number of aryl methyl sites for hydroxylation is 2. The van der Waals surface area contributed by atoms with Crippen LogP contribution in [0.1, 0.15) is 38.9 Å². The van der Waals surface area contributed by atoms with Gasteiger partial charge in [-0.15, -0.1) is 24.0 Å². The first-order chi connectivity index (χ1) is 13.7. The van der Waals surface area contributed by atoms with E-state index in [0.29, 0.717) is 5.92 Å². The second kappa shape index (κ2) is 12.4. The molecule has 29 heavy (non-hydrogen) atoms. The number of hydrogen-bond acceptors (Lipinski definition) is 3. The van der Waals surface area contributed by atoms with Gasteiger partial charge < -0.3 is 20.1 Å². The summed E-state index contributed by atoms with van der Waals surface area (Å²) < 4.78 is 2.31. The van der Waals surface area contributed by atoms with E-state index in [4.69, 9.17) is 4.99 Å². The highest BCUT2D eigenvalue weighted by Crippen LogP contribution is 2.17. The minimum absolute atomic E-state index is 0. The van der Waals surface area contributed by atoms with E-state index in [0.717, 1.165) is 49.9 Å². The molecule has 1 aliphatic rings. The van der Waals surface area contributed by atoms with Crippen LogP contribution in [-0.4, -0.2) is 59.7 Å². The Morgan fingerprint density at radius 2 is 2.03 bits per heavy atom. The van der Waals surface area contributed by atoms with Crippen LogP contribution in [0.25, 0.3) is 11.0 Å².